The van der Waals surface area contributed by atoms with Crippen molar-refractivity contribution in [3.8, 4) is 11.5 Å². The molecule has 0 aliphatic carbocycles. The number of hydrogen-bond donors (Lipinski definition) is 1. The molecule has 0 aromatic heterocycles. The minimum atomic E-state index is -0.405. The summed E-state index contributed by atoms with van der Waals surface area (Å²) in [5.41, 5.74) is 5.38. The smallest absolute Gasteiger partial charge is 0.282 e. The molecule has 6 heteroatoms. The normalized spacial score (nSPS) is 13.5. The van der Waals surface area contributed by atoms with Crippen LogP contribution in [0.25, 0.3) is 5.57 Å². The quantitative estimate of drug-likeness (QED) is 0.543. The number of carbonyl (C=O) groups excluding carboxylic acids is 2. The monoisotopic (exact) mass is 442 g/mol. The van der Waals surface area contributed by atoms with E-state index < -0.39 is 5.91 Å². The molecule has 0 unspecified atom stereocenters. The van der Waals surface area contributed by atoms with Gasteiger partial charge in [-0.3, -0.25) is 9.59 Å². The number of aryl methyl sites for hydroxylation is 3. The SMILES string of the molecule is COc1ccc(NC2=C(c3ccc(C)cc3)C(=O)N(c3ccc(C)cc3C)C2=O)cc1OC. The summed E-state index contributed by atoms with van der Waals surface area (Å²) in [6.07, 6.45) is 0. The van der Waals surface area contributed by atoms with Crippen molar-refractivity contribution in [3.05, 3.63) is 88.6 Å². The lowest BCUT2D eigenvalue weighted by Crippen LogP contribution is -2.33. The molecule has 1 aliphatic heterocycles. The van der Waals surface area contributed by atoms with Gasteiger partial charge in [-0.1, -0.05) is 47.5 Å². The molecule has 3 aromatic carbocycles. The van der Waals surface area contributed by atoms with Crippen molar-refractivity contribution >= 4 is 28.8 Å². The maximum atomic E-state index is 13.6. The fraction of sp³-hybridized carbons (Fsp3) is 0.185. The topological polar surface area (TPSA) is 67.9 Å². The Morgan fingerprint density at radius 1 is 0.727 bits per heavy atom. The van der Waals surface area contributed by atoms with Crippen LogP contribution in [0, 0.1) is 20.8 Å². The first-order valence-electron chi connectivity index (χ1n) is 10.6. The van der Waals surface area contributed by atoms with E-state index >= 15 is 0 Å². The first-order chi connectivity index (χ1) is 15.8. The van der Waals surface area contributed by atoms with E-state index in [4.69, 9.17) is 9.47 Å². The molecular formula is C27H26N2O4. The van der Waals surface area contributed by atoms with Gasteiger partial charge in [0.2, 0.25) is 0 Å². The van der Waals surface area contributed by atoms with Crippen molar-refractivity contribution in [1.82, 2.24) is 0 Å². The van der Waals surface area contributed by atoms with Crippen LogP contribution in [-0.4, -0.2) is 26.0 Å². The highest BCUT2D eigenvalue weighted by Gasteiger charge is 2.40. The molecule has 0 saturated heterocycles. The second-order valence-electron chi connectivity index (χ2n) is 8.05. The van der Waals surface area contributed by atoms with E-state index in [9.17, 15) is 9.59 Å². The number of ether oxygens (including phenoxy) is 2. The molecule has 0 fully saturated rings. The minimum Gasteiger partial charge on any atom is -0.493 e. The van der Waals surface area contributed by atoms with Gasteiger partial charge in [0.05, 0.1) is 25.5 Å². The lowest BCUT2D eigenvalue weighted by Gasteiger charge is -2.18. The van der Waals surface area contributed by atoms with Gasteiger partial charge < -0.3 is 14.8 Å². The fourth-order valence-corrected chi connectivity index (χ4v) is 3.97. The Hall–Kier alpha value is -4.06. The van der Waals surface area contributed by atoms with Crippen LogP contribution in [0.15, 0.2) is 66.4 Å². The number of imide groups is 1. The average Bonchev–Trinajstić information content (AvgIpc) is 3.04. The van der Waals surface area contributed by atoms with Crippen LogP contribution in [-0.2, 0) is 9.59 Å². The van der Waals surface area contributed by atoms with Gasteiger partial charge in [0.25, 0.3) is 11.8 Å². The van der Waals surface area contributed by atoms with Crippen LogP contribution < -0.4 is 19.7 Å². The zero-order valence-corrected chi connectivity index (χ0v) is 19.4. The van der Waals surface area contributed by atoms with Gasteiger partial charge in [-0.15, -0.1) is 0 Å². The standard InChI is InChI=1S/C27H26N2O4/c1-16-6-9-19(10-7-16)24-25(28-20-11-13-22(32-4)23(15-20)33-5)27(31)29(26(24)30)21-12-8-17(2)14-18(21)3/h6-15,28H,1-5H3. The van der Waals surface area contributed by atoms with Crippen LogP contribution in [0.5, 0.6) is 11.5 Å². The van der Waals surface area contributed by atoms with Gasteiger partial charge in [0, 0.05) is 11.8 Å². The minimum absolute atomic E-state index is 0.219. The second-order valence-corrected chi connectivity index (χ2v) is 8.05. The Labute approximate surface area is 193 Å². The summed E-state index contributed by atoms with van der Waals surface area (Å²) in [5, 5.41) is 3.17. The summed E-state index contributed by atoms with van der Waals surface area (Å²) in [6.45, 7) is 5.85. The Morgan fingerprint density at radius 3 is 2.03 bits per heavy atom. The number of hydrogen-bond acceptors (Lipinski definition) is 5. The van der Waals surface area contributed by atoms with E-state index in [0.717, 1.165) is 16.7 Å². The first kappa shape index (κ1) is 22.1. The number of anilines is 2. The van der Waals surface area contributed by atoms with Gasteiger partial charge in [-0.25, -0.2) is 4.90 Å². The largest absolute Gasteiger partial charge is 0.493 e. The highest BCUT2D eigenvalue weighted by Crippen LogP contribution is 2.37. The molecule has 0 atom stereocenters. The van der Waals surface area contributed by atoms with Crippen LogP contribution in [0.3, 0.4) is 0 Å². The van der Waals surface area contributed by atoms with Crippen LogP contribution in [0.1, 0.15) is 22.3 Å². The summed E-state index contributed by atoms with van der Waals surface area (Å²) in [4.78, 5) is 28.5. The summed E-state index contributed by atoms with van der Waals surface area (Å²) in [6, 6.07) is 18.5. The fourth-order valence-electron chi connectivity index (χ4n) is 3.97. The van der Waals surface area contributed by atoms with Crippen molar-refractivity contribution in [2.45, 2.75) is 20.8 Å². The molecule has 0 spiro atoms. The van der Waals surface area contributed by atoms with E-state index in [-0.39, 0.29) is 11.6 Å². The summed E-state index contributed by atoms with van der Waals surface area (Å²) in [7, 11) is 3.11. The molecule has 0 saturated carbocycles. The third-order valence-electron chi connectivity index (χ3n) is 5.67. The molecule has 1 heterocycles. The van der Waals surface area contributed by atoms with Crippen LogP contribution in [0.4, 0.5) is 11.4 Å². The molecule has 1 aliphatic rings. The highest BCUT2D eigenvalue weighted by atomic mass is 16.5. The summed E-state index contributed by atoms with van der Waals surface area (Å²) in [5.74, 6) is 0.320. The third-order valence-corrected chi connectivity index (χ3v) is 5.67. The number of rotatable bonds is 6. The van der Waals surface area contributed by atoms with Crippen molar-refractivity contribution in [2.75, 3.05) is 24.4 Å². The molecule has 168 valence electrons. The second kappa shape index (κ2) is 8.82. The van der Waals surface area contributed by atoms with E-state index in [2.05, 4.69) is 5.32 Å². The molecule has 0 radical (unpaired) electrons. The first-order valence-corrected chi connectivity index (χ1v) is 10.6. The maximum Gasteiger partial charge on any atom is 0.282 e. The van der Waals surface area contributed by atoms with Crippen molar-refractivity contribution in [3.63, 3.8) is 0 Å². The van der Waals surface area contributed by atoms with Gasteiger partial charge in [-0.2, -0.15) is 0 Å². The number of benzene rings is 3. The summed E-state index contributed by atoms with van der Waals surface area (Å²) >= 11 is 0. The predicted molar refractivity (Wildman–Crippen MR) is 130 cm³/mol. The zero-order chi connectivity index (χ0) is 23.7. The maximum absolute atomic E-state index is 13.6. The van der Waals surface area contributed by atoms with Gasteiger partial charge in [0.1, 0.15) is 5.70 Å². The van der Waals surface area contributed by atoms with Crippen molar-refractivity contribution in [2.24, 2.45) is 0 Å². The van der Waals surface area contributed by atoms with Crippen molar-refractivity contribution < 1.29 is 19.1 Å². The van der Waals surface area contributed by atoms with Crippen LogP contribution in [0.2, 0.25) is 0 Å². The van der Waals surface area contributed by atoms with Gasteiger partial charge in [0.15, 0.2) is 11.5 Å². The number of carbonyl (C=O) groups is 2. The van der Waals surface area contributed by atoms with Crippen molar-refractivity contribution in [1.29, 1.82) is 0 Å². The molecule has 3 aromatic rings. The average molecular weight is 443 g/mol. The van der Waals surface area contributed by atoms with E-state index in [0.29, 0.717) is 34.0 Å². The number of nitrogens with one attached hydrogen (secondary N) is 1. The lowest BCUT2D eigenvalue weighted by molar-refractivity contribution is -0.120. The third kappa shape index (κ3) is 4.07. The van der Waals surface area contributed by atoms with E-state index in [1.54, 1.807) is 32.4 Å². The number of methoxy groups -OCH3 is 2. The highest BCUT2D eigenvalue weighted by molar-refractivity contribution is 6.46. The Bertz CT molecular complexity index is 1280. The molecule has 4 rings (SSSR count). The van der Waals surface area contributed by atoms with Crippen LogP contribution >= 0.6 is 0 Å². The molecule has 6 nitrogen and oxygen atoms in total. The van der Waals surface area contributed by atoms with E-state index in [1.807, 2.05) is 63.2 Å². The Balaban J connectivity index is 1.83. The molecule has 2 amide bonds. The molecular weight excluding hydrogens is 416 g/mol. The summed E-state index contributed by atoms with van der Waals surface area (Å²) < 4.78 is 10.7. The number of amides is 2. The van der Waals surface area contributed by atoms with E-state index in [1.165, 1.54) is 4.90 Å². The zero-order valence-electron chi connectivity index (χ0n) is 19.4. The Morgan fingerprint density at radius 2 is 1.39 bits per heavy atom. The van der Waals surface area contributed by atoms with Gasteiger partial charge in [-0.05, 0) is 50.1 Å². The predicted octanol–water partition coefficient (Wildman–Crippen LogP) is 5.03. The Kier molecular flexibility index (Phi) is 5.92. The molecule has 0 bridgehead atoms. The molecule has 1 N–H and O–H groups in total. The lowest BCUT2D eigenvalue weighted by atomic mass is 10.0. The molecule has 33 heavy (non-hydrogen) atoms. The number of nitrogens with zero attached hydrogens (tertiary/aromatic N) is 1. The van der Waals surface area contributed by atoms with Gasteiger partial charge >= 0.3 is 0 Å².